The van der Waals surface area contributed by atoms with Crippen molar-refractivity contribution in [1.82, 2.24) is 4.98 Å². The van der Waals surface area contributed by atoms with Crippen LogP contribution in [0.1, 0.15) is 31.1 Å². The number of aromatic nitrogens is 1. The molecule has 2 aromatic rings. The van der Waals surface area contributed by atoms with Crippen LogP contribution in [-0.4, -0.2) is 10.8 Å². The first kappa shape index (κ1) is 12.5. The number of rotatable bonds is 2. The molecule has 0 saturated heterocycles. The van der Waals surface area contributed by atoms with Crippen LogP contribution < -0.4 is 0 Å². The molecular formula is C16H17NO. The van der Waals surface area contributed by atoms with Crippen molar-refractivity contribution in [3.05, 3.63) is 54.2 Å². The van der Waals surface area contributed by atoms with Gasteiger partial charge in [0.2, 0.25) is 0 Å². The molecule has 2 nitrogen and oxygen atoms in total. The molecule has 0 atom stereocenters. The first-order chi connectivity index (χ1) is 8.50. The summed E-state index contributed by atoms with van der Waals surface area (Å²) in [6.45, 7) is 5.78. The Balaban J connectivity index is 2.54. The van der Waals surface area contributed by atoms with Crippen LogP contribution in [0.15, 0.2) is 48.7 Å². The Morgan fingerprint density at radius 3 is 2.28 bits per heavy atom. The van der Waals surface area contributed by atoms with E-state index in [9.17, 15) is 4.79 Å². The zero-order valence-corrected chi connectivity index (χ0v) is 11.0. The highest BCUT2D eigenvalue weighted by molar-refractivity contribution is 6.04. The van der Waals surface area contributed by atoms with Crippen molar-refractivity contribution in [1.29, 1.82) is 0 Å². The molecule has 1 heterocycles. The van der Waals surface area contributed by atoms with Gasteiger partial charge in [0.25, 0.3) is 0 Å². The Morgan fingerprint density at radius 2 is 1.67 bits per heavy atom. The molecule has 0 amide bonds. The van der Waals surface area contributed by atoms with Crippen molar-refractivity contribution in [2.45, 2.75) is 20.8 Å². The Labute approximate surface area is 108 Å². The molecule has 0 aliphatic carbocycles. The molecule has 1 aromatic carbocycles. The lowest BCUT2D eigenvalue weighted by atomic mass is 9.85. The highest BCUT2D eigenvalue weighted by Crippen LogP contribution is 2.27. The van der Waals surface area contributed by atoms with Gasteiger partial charge in [-0.15, -0.1) is 0 Å². The van der Waals surface area contributed by atoms with Crippen LogP contribution in [0.25, 0.3) is 11.3 Å². The molecule has 0 bridgehead atoms. The topological polar surface area (TPSA) is 30.0 Å². The van der Waals surface area contributed by atoms with Crippen LogP contribution in [0, 0.1) is 5.41 Å². The summed E-state index contributed by atoms with van der Waals surface area (Å²) in [7, 11) is 0. The summed E-state index contributed by atoms with van der Waals surface area (Å²) in [6.07, 6.45) is 1.72. The predicted octanol–water partition coefficient (Wildman–Crippen LogP) is 3.98. The first-order valence-corrected chi connectivity index (χ1v) is 6.05. The molecule has 0 radical (unpaired) electrons. The molecule has 2 heteroatoms. The van der Waals surface area contributed by atoms with Gasteiger partial charge in [-0.3, -0.25) is 9.78 Å². The maximum Gasteiger partial charge on any atom is 0.170 e. The highest BCUT2D eigenvalue weighted by Gasteiger charge is 2.25. The summed E-state index contributed by atoms with van der Waals surface area (Å²) in [5.41, 5.74) is 2.03. The number of nitrogens with zero attached hydrogens (tertiary/aromatic N) is 1. The van der Waals surface area contributed by atoms with Crippen molar-refractivity contribution in [2.24, 2.45) is 5.41 Å². The molecule has 0 saturated carbocycles. The summed E-state index contributed by atoms with van der Waals surface area (Å²) in [4.78, 5) is 16.8. The lowest BCUT2D eigenvalue weighted by Crippen LogP contribution is -2.21. The Hall–Kier alpha value is -1.96. The highest BCUT2D eigenvalue weighted by atomic mass is 16.1. The molecular weight excluding hydrogens is 222 g/mol. The molecule has 92 valence electrons. The Bertz CT molecular complexity index is 553. The number of benzene rings is 1. The van der Waals surface area contributed by atoms with Crippen LogP contribution in [0.3, 0.4) is 0 Å². The standard InChI is InChI=1S/C16H17NO/c1-16(2,3)15(18)13-10-7-11-17-14(13)12-8-5-4-6-9-12/h4-11H,1-3H3. The van der Waals surface area contributed by atoms with Crippen molar-refractivity contribution in [3.8, 4) is 11.3 Å². The van der Waals surface area contributed by atoms with Crippen LogP contribution >= 0.6 is 0 Å². The minimum Gasteiger partial charge on any atom is -0.294 e. The maximum absolute atomic E-state index is 12.4. The number of hydrogen-bond acceptors (Lipinski definition) is 2. The number of ketones is 1. The minimum absolute atomic E-state index is 0.120. The zero-order chi connectivity index (χ0) is 13.2. The van der Waals surface area contributed by atoms with Crippen molar-refractivity contribution < 1.29 is 4.79 Å². The maximum atomic E-state index is 12.4. The molecule has 1 aromatic heterocycles. The van der Waals surface area contributed by atoms with Gasteiger partial charge < -0.3 is 0 Å². The van der Waals surface area contributed by atoms with Gasteiger partial charge in [0.15, 0.2) is 5.78 Å². The molecule has 0 aliphatic heterocycles. The van der Waals surface area contributed by atoms with E-state index in [1.54, 1.807) is 6.20 Å². The van der Waals surface area contributed by atoms with Gasteiger partial charge in [-0.1, -0.05) is 51.1 Å². The molecule has 0 unspecified atom stereocenters. The normalized spacial score (nSPS) is 11.3. The van der Waals surface area contributed by atoms with Crippen molar-refractivity contribution in [2.75, 3.05) is 0 Å². The average Bonchev–Trinajstić information content (AvgIpc) is 2.38. The Morgan fingerprint density at radius 1 is 1.00 bits per heavy atom. The fourth-order valence-corrected chi connectivity index (χ4v) is 1.82. The van der Waals surface area contributed by atoms with Gasteiger partial charge in [0.05, 0.1) is 5.69 Å². The van der Waals surface area contributed by atoms with E-state index in [1.165, 1.54) is 0 Å². The summed E-state index contributed by atoms with van der Waals surface area (Å²) < 4.78 is 0. The average molecular weight is 239 g/mol. The molecule has 0 fully saturated rings. The quantitative estimate of drug-likeness (QED) is 0.742. The van der Waals surface area contributed by atoms with E-state index in [4.69, 9.17) is 0 Å². The number of hydrogen-bond donors (Lipinski definition) is 0. The van der Waals surface area contributed by atoms with Gasteiger partial charge in [-0.2, -0.15) is 0 Å². The predicted molar refractivity (Wildman–Crippen MR) is 73.5 cm³/mol. The van der Waals surface area contributed by atoms with Crippen molar-refractivity contribution >= 4 is 5.78 Å². The summed E-state index contributed by atoms with van der Waals surface area (Å²) in [5.74, 6) is 0.120. The van der Waals surface area contributed by atoms with Crippen LogP contribution in [0.5, 0.6) is 0 Å². The fraction of sp³-hybridized carbons (Fsp3) is 0.250. The molecule has 0 N–H and O–H groups in total. The number of Topliss-reactive ketones (excluding diaryl/α,β-unsaturated/α-hetero) is 1. The van der Waals surface area contributed by atoms with Gasteiger partial charge in [-0.05, 0) is 12.1 Å². The van der Waals surface area contributed by atoms with Gasteiger partial charge in [-0.25, -0.2) is 0 Å². The molecule has 0 spiro atoms. The molecule has 2 rings (SSSR count). The third-order valence-corrected chi connectivity index (χ3v) is 2.78. The largest absolute Gasteiger partial charge is 0.294 e. The van der Waals surface area contributed by atoms with E-state index < -0.39 is 5.41 Å². The van der Waals surface area contributed by atoms with E-state index in [-0.39, 0.29) is 5.78 Å². The van der Waals surface area contributed by atoms with E-state index in [1.807, 2.05) is 63.2 Å². The summed E-state index contributed by atoms with van der Waals surface area (Å²) in [5, 5.41) is 0. The lowest BCUT2D eigenvalue weighted by molar-refractivity contribution is 0.0858. The van der Waals surface area contributed by atoms with E-state index >= 15 is 0 Å². The van der Waals surface area contributed by atoms with Crippen LogP contribution in [0.4, 0.5) is 0 Å². The van der Waals surface area contributed by atoms with E-state index in [2.05, 4.69) is 4.98 Å². The second-order valence-electron chi connectivity index (χ2n) is 5.34. The Kier molecular flexibility index (Phi) is 3.28. The third kappa shape index (κ3) is 2.48. The molecule has 18 heavy (non-hydrogen) atoms. The van der Waals surface area contributed by atoms with Crippen LogP contribution in [0.2, 0.25) is 0 Å². The fourth-order valence-electron chi connectivity index (χ4n) is 1.82. The van der Waals surface area contributed by atoms with E-state index in [0.29, 0.717) is 5.56 Å². The van der Waals surface area contributed by atoms with Crippen LogP contribution in [-0.2, 0) is 0 Å². The third-order valence-electron chi connectivity index (χ3n) is 2.78. The minimum atomic E-state index is -0.396. The number of carbonyl (C=O) groups is 1. The van der Waals surface area contributed by atoms with E-state index in [0.717, 1.165) is 11.3 Å². The number of pyridine rings is 1. The SMILES string of the molecule is CC(C)(C)C(=O)c1cccnc1-c1ccccc1. The number of carbonyl (C=O) groups excluding carboxylic acids is 1. The summed E-state index contributed by atoms with van der Waals surface area (Å²) >= 11 is 0. The monoisotopic (exact) mass is 239 g/mol. The van der Waals surface area contributed by atoms with Gasteiger partial charge in [0.1, 0.15) is 0 Å². The smallest absolute Gasteiger partial charge is 0.170 e. The van der Waals surface area contributed by atoms with Crippen molar-refractivity contribution in [3.63, 3.8) is 0 Å². The van der Waals surface area contributed by atoms with Gasteiger partial charge >= 0.3 is 0 Å². The second-order valence-corrected chi connectivity index (χ2v) is 5.34. The molecule has 0 aliphatic rings. The first-order valence-electron chi connectivity index (χ1n) is 6.05. The summed E-state index contributed by atoms with van der Waals surface area (Å²) in [6, 6.07) is 13.5. The zero-order valence-electron chi connectivity index (χ0n) is 11.0. The van der Waals surface area contributed by atoms with Gasteiger partial charge in [0, 0.05) is 22.7 Å². The lowest BCUT2D eigenvalue weighted by Gasteiger charge is -2.18. The second kappa shape index (κ2) is 4.73.